The van der Waals surface area contributed by atoms with Gasteiger partial charge < -0.3 is 9.88 Å². The van der Waals surface area contributed by atoms with Gasteiger partial charge in [-0.15, -0.1) is 0 Å². The Morgan fingerprint density at radius 2 is 1.66 bits per heavy atom. The number of para-hydroxylation sites is 2. The number of imidazole rings is 1. The van der Waals surface area contributed by atoms with E-state index >= 15 is 0 Å². The van der Waals surface area contributed by atoms with Crippen molar-refractivity contribution in [1.82, 2.24) is 14.9 Å². The molecule has 1 N–H and O–H groups in total. The van der Waals surface area contributed by atoms with Gasteiger partial charge in [0.15, 0.2) is 0 Å². The van der Waals surface area contributed by atoms with Gasteiger partial charge in [0.1, 0.15) is 11.6 Å². The minimum Gasteiger partial charge on any atom is -0.345 e. The van der Waals surface area contributed by atoms with E-state index in [-0.39, 0.29) is 12.1 Å². The lowest BCUT2D eigenvalue weighted by molar-refractivity contribution is 0.0945. The Hall–Kier alpha value is -3.47. The molecule has 0 radical (unpaired) electrons. The molecule has 0 fully saturated rings. The molecule has 0 atom stereocenters. The second-order valence-electron chi connectivity index (χ2n) is 6.92. The highest BCUT2D eigenvalue weighted by atomic mass is 19.1. The zero-order chi connectivity index (χ0) is 20.1. The number of benzene rings is 3. The van der Waals surface area contributed by atoms with Gasteiger partial charge in [0.05, 0.1) is 23.1 Å². The van der Waals surface area contributed by atoms with Crippen molar-refractivity contribution in [2.45, 2.75) is 25.9 Å². The van der Waals surface area contributed by atoms with Crippen LogP contribution in [0.3, 0.4) is 0 Å². The summed E-state index contributed by atoms with van der Waals surface area (Å²) in [4.78, 5) is 17.1. The van der Waals surface area contributed by atoms with Gasteiger partial charge in [-0.2, -0.15) is 0 Å². The van der Waals surface area contributed by atoms with Gasteiger partial charge >= 0.3 is 0 Å². The van der Waals surface area contributed by atoms with Crippen LogP contribution in [0.5, 0.6) is 0 Å². The predicted molar refractivity (Wildman–Crippen MR) is 112 cm³/mol. The fourth-order valence-corrected chi connectivity index (χ4v) is 3.50. The first-order valence-electron chi connectivity index (χ1n) is 9.73. The number of rotatable bonds is 7. The van der Waals surface area contributed by atoms with Crippen molar-refractivity contribution in [3.63, 3.8) is 0 Å². The molecule has 0 saturated heterocycles. The summed E-state index contributed by atoms with van der Waals surface area (Å²) in [6, 6.07) is 24.3. The quantitative estimate of drug-likeness (QED) is 0.498. The third-order valence-corrected chi connectivity index (χ3v) is 4.95. The average molecular weight is 387 g/mol. The van der Waals surface area contributed by atoms with Crippen LogP contribution in [0.1, 0.15) is 28.2 Å². The third-order valence-electron chi connectivity index (χ3n) is 4.95. The van der Waals surface area contributed by atoms with Crippen molar-refractivity contribution in [2.75, 3.05) is 0 Å². The summed E-state index contributed by atoms with van der Waals surface area (Å²) in [5, 5.41) is 2.80. The number of hydrogen-bond donors (Lipinski definition) is 1. The molecule has 4 aromatic rings. The zero-order valence-electron chi connectivity index (χ0n) is 16.0. The van der Waals surface area contributed by atoms with E-state index in [4.69, 9.17) is 0 Å². The molecule has 3 aromatic carbocycles. The smallest absolute Gasteiger partial charge is 0.254 e. The van der Waals surface area contributed by atoms with Crippen LogP contribution < -0.4 is 5.32 Å². The Morgan fingerprint density at radius 1 is 0.931 bits per heavy atom. The summed E-state index contributed by atoms with van der Waals surface area (Å²) in [6.07, 6.45) is 1.92. The first-order chi connectivity index (χ1) is 14.2. The lowest BCUT2D eigenvalue weighted by Crippen LogP contribution is -2.25. The molecule has 1 amide bonds. The standard InChI is InChI=1S/C24H22FN3O/c25-20-13-5-4-12-19(20)24(29)26-17-23-27-21-14-6-7-15-22(21)28(23)16-8-11-18-9-2-1-3-10-18/h1-7,9-10,12-15H,8,11,16-17H2,(H,26,29). The van der Waals surface area contributed by atoms with Crippen LogP contribution in [-0.2, 0) is 19.5 Å². The number of aromatic nitrogens is 2. The summed E-state index contributed by atoms with van der Waals surface area (Å²) in [5.41, 5.74) is 3.27. The molecule has 4 rings (SSSR count). The van der Waals surface area contributed by atoms with E-state index in [9.17, 15) is 9.18 Å². The van der Waals surface area contributed by atoms with E-state index in [1.165, 1.54) is 17.7 Å². The molecule has 0 aliphatic carbocycles. The number of hydrogen-bond acceptors (Lipinski definition) is 2. The normalized spacial score (nSPS) is 10.9. The Kier molecular flexibility index (Phi) is 5.66. The largest absolute Gasteiger partial charge is 0.345 e. The fraction of sp³-hybridized carbons (Fsp3) is 0.167. The lowest BCUT2D eigenvalue weighted by Gasteiger charge is -2.11. The van der Waals surface area contributed by atoms with Crippen molar-refractivity contribution in [3.8, 4) is 0 Å². The van der Waals surface area contributed by atoms with Crippen LogP contribution in [0, 0.1) is 5.82 Å². The molecule has 5 heteroatoms. The number of carbonyl (C=O) groups excluding carboxylic acids is 1. The van der Waals surface area contributed by atoms with Gasteiger partial charge in [-0.25, -0.2) is 9.37 Å². The number of fused-ring (bicyclic) bond motifs is 1. The first kappa shape index (κ1) is 18.9. The maximum Gasteiger partial charge on any atom is 0.254 e. The Bertz CT molecular complexity index is 1120. The van der Waals surface area contributed by atoms with Crippen LogP contribution in [0.4, 0.5) is 4.39 Å². The van der Waals surface area contributed by atoms with Crippen molar-refractivity contribution in [3.05, 3.63) is 102 Å². The van der Waals surface area contributed by atoms with Gasteiger partial charge in [0, 0.05) is 6.54 Å². The highest BCUT2D eigenvalue weighted by molar-refractivity contribution is 5.94. The van der Waals surface area contributed by atoms with Crippen molar-refractivity contribution >= 4 is 16.9 Å². The maximum absolute atomic E-state index is 13.9. The van der Waals surface area contributed by atoms with Gasteiger partial charge in [-0.3, -0.25) is 4.79 Å². The van der Waals surface area contributed by atoms with Crippen molar-refractivity contribution < 1.29 is 9.18 Å². The Balaban J connectivity index is 1.50. The molecule has 0 unspecified atom stereocenters. The number of aryl methyl sites for hydroxylation is 2. The number of amides is 1. The average Bonchev–Trinajstić information content (AvgIpc) is 3.11. The highest BCUT2D eigenvalue weighted by Crippen LogP contribution is 2.18. The topological polar surface area (TPSA) is 46.9 Å². The molecule has 4 nitrogen and oxygen atoms in total. The molecular formula is C24H22FN3O. The Labute approximate surface area is 169 Å². The molecular weight excluding hydrogens is 365 g/mol. The van der Waals surface area contributed by atoms with Crippen LogP contribution in [0.15, 0.2) is 78.9 Å². The zero-order valence-corrected chi connectivity index (χ0v) is 16.0. The third kappa shape index (κ3) is 4.35. The molecule has 0 saturated carbocycles. The Morgan fingerprint density at radius 3 is 2.48 bits per heavy atom. The van der Waals surface area contributed by atoms with Crippen molar-refractivity contribution in [1.29, 1.82) is 0 Å². The van der Waals surface area contributed by atoms with Gasteiger partial charge in [-0.1, -0.05) is 54.6 Å². The van der Waals surface area contributed by atoms with Gasteiger partial charge in [0.25, 0.3) is 5.91 Å². The van der Waals surface area contributed by atoms with E-state index in [0.29, 0.717) is 0 Å². The van der Waals surface area contributed by atoms with Crippen LogP contribution in [0.2, 0.25) is 0 Å². The van der Waals surface area contributed by atoms with Crippen molar-refractivity contribution in [2.24, 2.45) is 0 Å². The van der Waals surface area contributed by atoms with E-state index in [1.807, 2.05) is 42.5 Å². The minimum atomic E-state index is -0.527. The monoisotopic (exact) mass is 387 g/mol. The minimum absolute atomic E-state index is 0.0410. The molecule has 0 aliphatic rings. The molecule has 0 spiro atoms. The number of halogens is 1. The molecule has 146 valence electrons. The van der Waals surface area contributed by atoms with Crippen LogP contribution >= 0.6 is 0 Å². The van der Waals surface area contributed by atoms with E-state index in [0.717, 1.165) is 36.2 Å². The summed E-state index contributed by atoms with van der Waals surface area (Å²) in [6.45, 7) is 1.04. The van der Waals surface area contributed by atoms with E-state index < -0.39 is 11.7 Å². The number of carbonyl (C=O) groups is 1. The molecule has 1 aromatic heterocycles. The van der Waals surface area contributed by atoms with Gasteiger partial charge in [-0.05, 0) is 42.7 Å². The molecule has 0 bridgehead atoms. The predicted octanol–water partition coefficient (Wildman–Crippen LogP) is 4.74. The number of nitrogens with zero attached hydrogens (tertiary/aromatic N) is 2. The van der Waals surface area contributed by atoms with E-state index in [1.54, 1.807) is 12.1 Å². The summed E-state index contributed by atoms with van der Waals surface area (Å²) >= 11 is 0. The lowest BCUT2D eigenvalue weighted by atomic mass is 10.1. The summed E-state index contributed by atoms with van der Waals surface area (Å²) in [5.74, 6) is -0.198. The summed E-state index contributed by atoms with van der Waals surface area (Å²) in [7, 11) is 0. The molecule has 1 heterocycles. The van der Waals surface area contributed by atoms with Gasteiger partial charge in [0.2, 0.25) is 0 Å². The highest BCUT2D eigenvalue weighted by Gasteiger charge is 2.14. The second-order valence-corrected chi connectivity index (χ2v) is 6.92. The van der Waals surface area contributed by atoms with Crippen LogP contribution in [-0.4, -0.2) is 15.5 Å². The van der Waals surface area contributed by atoms with Crippen LogP contribution in [0.25, 0.3) is 11.0 Å². The maximum atomic E-state index is 13.9. The fourth-order valence-electron chi connectivity index (χ4n) is 3.50. The SMILES string of the molecule is O=C(NCc1nc2ccccc2n1CCCc1ccccc1)c1ccccc1F. The van der Waals surface area contributed by atoms with E-state index in [2.05, 4.69) is 27.0 Å². The molecule has 29 heavy (non-hydrogen) atoms. The summed E-state index contributed by atoms with van der Waals surface area (Å²) < 4.78 is 16.0. The first-order valence-corrected chi connectivity index (χ1v) is 9.73. The number of nitrogens with one attached hydrogen (secondary N) is 1. The molecule has 0 aliphatic heterocycles. The second kappa shape index (κ2) is 8.69.